The first-order chi connectivity index (χ1) is 8.11. The molecule has 17 heavy (non-hydrogen) atoms. The van der Waals surface area contributed by atoms with Gasteiger partial charge in [-0.25, -0.2) is 9.59 Å². The van der Waals surface area contributed by atoms with Crippen molar-refractivity contribution in [2.24, 2.45) is 0 Å². The van der Waals surface area contributed by atoms with Crippen molar-refractivity contribution in [3.05, 3.63) is 47.9 Å². The van der Waals surface area contributed by atoms with E-state index in [0.717, 1.165) is 0 Å². The monoisotopic (exact) mass is 232 g/mol. The summed E-state index contributed by atoms with van der Waals surface area (Å²) in [4.78, 5) is 21.9. The molecule has 0 aliphatic rings. The molecule has 0 amide bonds. The Morgan fingerprint density at radius 1 is 0.941 bits per heavy atom. The lowest BCUT2D eigenvalue weighted by Gasteiger charge is -2.03. The first-order valence-corrected chi connectivity index (χ1v) is 4.74. The molecule has 0 bridgehead atoms. The Hall–Kier alpha value is -2.56. The standard InChI is InChI=1S/C12H8O5/c13-11(14)9-4-2-1-3-7(9)8-5-6-17-10(8)12(15)16/h1-6H,(H,13,14)(H,15,16). The van der Waals surface area contributed by atoms with Gasteiger partial charge in [0, 0.05) is 11.1 Å². The topological polar surface area (TPSA) is 87.7 Å². The lowest BCUT2D eigenvalue weighted by molar-refractivity contribution is 0.0659. The van der Waals surface area contributed by atoms with Crippen molar-refractivity contribution in [3.63, 3.8) is 0 Å². The van der Waals surface area contributed by atoms with E-state index in [9.17, 15) is 9.59 Å². The predicted octanol–water partition coefficient (Wildman–Crippen LogP) is 2.34. The summed E-state index contributed by atoms with van der Waals surface area (Å²) in [5.74, 6) is -2.61. The molecular formula is C12H8O5. The maximum Gasteiger partial charge on any atom is 0.372 e. The first kappa shape index (κ1) is 10.9. The molecule has 86 valence electrons. The zero-order chi connectivity index (χ0) is 12.4. The van der Waals surface area contributed by atoms with Crippen LogP contribution in [-0.4, -0.2) is 22.2 Å². The normalized spacial score (nSPS) is 10.1. The van der Waals surface area contributed by atoms with E-state index < -0.39 is 11.9 Å². The third kappa shape index (κ3) is 1.90. The van der Waals surface area contributed by atoms with Crippen LogP contribution in [0.4, 0.5) is 0 Å². The van der Waals surface area contributed by atoms with E-state index in [1.165, 1.54) is 18.4 Å². The molecular weight excluding hydrogens is 224 g/mol. The van der Waals surface area contributed by atoms with E-state index in [-0.39, 0.29) is 16.9 Å². The highest BCUT2D eigenvalue weighted by Gasteiger charge is 2.19. The molecule has 0 radical (unpaired) electrons. The van der Waals surface area contributed by atoms with Crippen molar-refractivity contribution in [1.29, 1.82) is 0 Å². The number of carbonyl (C=O) groups is 2. The molecule has 5 heteroatoms. The summed E-state index contributed by atoms with van der Waals surface area (Å²) in [5.41, 5.74) is 0.623. The molecule has 0 spiro atoms. The quantitative estimate of drug-likeness (QED) is 0.847. The van der Waals surface area contributed by atoms with E-state index in [0.29, 0.717) is 5.56 Å². The fourth-order valence-electron chi connectivity index (χ4n) is 1.59. The molecule has 1 aromatic carbocycles. The van der Waals surface area contributed by atoms with Crippen LogP contribution in [-0.2, 0) is 0 Å². The maximum absolute atomic E-state index is 11.0. The van der Waals surface area contributed by atoms with Gasteiger partial charge in [-0.2, -0.15) is 0 Å². The van der Waals surface area contributed by atoms with Crippen LogP contribution in [0.2, 0.25) is 0 Å². The molecule has 1 aromatic heterocycles. The Kier molecular flexibility index (Phi) is 2.66. The Bertz CT molecular complexity index is 582. The highest BCUT2D eigenvalue weighted by Crippen LogP contribution is 2.28. The average Bonchev–Trinajstić information content (AvgIpc) is 2.77. The Morgan fingerprint density at radius 3 is 2.29 bits per heavy atom. The molecule has 0 unspecified atom stereocenters. The van der Waals surface area contributed by atoms with E-state index in [1.807, 2.05) is 0 Å². The van der Waals surface area contributed by atoms with E-state index in [2.05, 4.69) is 0 Å². The number of rotatable bonds is 3. The molecule has 2 aromatic rings. The predicted molar refractivity (Wildman–Crippen MR) is 58.1 cm³/mol. The number of carboxylic acids is 2. The first-order valence-electron chi connectivity index (χ1n) is 4.74. The second-order valence-electron chi connectivity index (χ2n) is 3.32. The van der Waals surface area contributed by atoms with Crippen LogP contribution in [0.15, 0.2) is 41.0 Å². The highest BCUT2D eigenvalue weighted by atomic mass is 16.4. The third-order valence-electron chi connectivity index (χ3n) is 2.31. The van der Waals surface area contributed by atoms with Gasteiger partial charge >= 0.3 is 11.9 Å². The van der Waals surface area contributed by atoms with Gasteiger partial charge in [0.1, 0.15) is 0 Å². The van der Waals surface area contributed by atoms with Crippen molar-refractivity contribution in [2.45, 2.75) is 0 Å². The molecule has 1 heterocycles. The smallest absolute Gasteiger partial charge is 0.372 e. The van der Waals surface area contributed by atoms with Crippen LogP contribution >= 0.6 is 0 Å². The summed E-state index contributed by atoms with van der Waals surface area (Å²) in [7, 11) is 0. The Labute approximate surface area is 95.9 Å². The van der Waals surface area contributed by atoms with Crippen LogP contribution in [0.1, 0.15) is 20.9 Å². The number of benzene rings is 1. The van der Waals surface area contributed by atoms with Crippen LogP contribution in [0.25, 0.3) is 11.1 Å². The lowest BCUT2D eigenvalue weighted by Crippen LogP contribution is -2.01. The second-order valence-corrected chi connectivity index (χ2v) is 3.32. The van der Waals surface area contributed by atoms with Crippen molar-refractivity contribution in [1.82, 2.24) is 0 Å². The van der Waals surface area contributed by atoms with E-state index >= 15 is 0 Å². The Morgan fingerprint density at radius 2 is 1.65 bits per heavy atom. The van der Waals surface area contributed by atoms with Crippen molar-refractivity contribution in [2.75, 3.05) is 0 Å². The molecule has 0 saturated carbocycles. The summed E-state index contributed by atoms with van der Waals surface area (Å²) < 4.78 is 4.82. The number of aromatic carboxylic acids is 2. The van der Waals surface area contributed by atoms with Gasteiger partial charge in [0.15, 0.2) is 0 Å². The molecule has 0 aliphatic heterocycles. The zero-order valence-corrected chi connectivity index (χ0v) is 8.58. The zero-order valence-electron chi connectivity index (χ0n) is 8.58. The van der Waals surface area contributed by atoms with E-state index in [1.54, 1.807) is 18.2 Å². The number of hydrogen-bond acceptors (Lipinski definition) is 3. The van der Waals surface area contributed by atoms with Gasteiger partial charge in [-0.1, -0.05) is 18.2 Å². The molecule has 0 saturated heterocycles. The number of hydrogen-bond donors (Lipinski definition) is 2. The fourth-order valence-corrected chi connectivity index (χ4v) is 1.59. The summed E-state index contributed by atoms with van der Waals surface area (Å²) >= 11 is 0. The Balaban J connectivity index is 2.64. The second kappa shape index (κ2) is 4.13. The molecule has 2 N–H and O–H groups in total. The van der Waals surface area contributed by atoms with Gasteiger partial charge < -0.3 is 14.6 Å². The highest BCUT2D eigenvalue weighted by molar-refractivity contribution is 6.00. The summed E-state index contributed by atoms with van der Waals surface area (Å²) in [6.45, 7) is 0. The minimum Gasteiger partial charge on any atom is -0.478 e. The molecule has 2 rings (SSSR count). The SMILES string of the molecule is O=C(O)c1ccccc1-c1ccoc1C(=O)O. The van der Waals surface area contributed by atoms with Crippen LogP contribution in [0.5, 0.6) is 0 Å². The van der Waals surface area contributed by atoms with Crippen LogP contribution < -0.4 is 0 Å². The average molecular weight is 232 g/mol. The molecule has 0 fully saturated rings. The summed E-state index contributed by atoms with van der Waals surface area (Å²) in [6.07, 6.45) is 1.22. The largest absolute Gasteiger partial charge is 0.478 e. The number of furan rings is 1. The van der Waals surface area contributed by atoms with Gasteiger partial charge in [-0.05, 0) is 12.1 Å². The van der Waals surface area contributed by atoms with Gasteiger partial charge in [0.25, 0.3) is 0 Å². The number of carboxylic acid groups (broad SMARTS) is 2. The van der Waals surface area contributed by atoms with Crippen molar-refractivity contribution in [3.8, 4) is 11.1 Å². The minimum absolute atomic E-state index is 0.0383. The molecule has 0 atom stereocenters. The van der Waals surface area contributed by atoms with Crippen molar-refractivity contribution >= 4 is 11.9 Å². The maximum atomic E-state index is 11.0. The molecule has 5 nitrogen and oxygen atoms in total. The van der Waals surface area contributed by atoms with Crippen LogP contribution in [0, 0.1) is 0 Å². The van der Waals surface area contributed by atoms with Gasteiger partial charge in [-0.15, -0.1) is 0 Å². The van der Waals surface area contributed by atoms with E-state index in [4.69, 9.17) is 14.6 Å². The fraction of sp³-hybridized carbons (Fsp3) is 0. The third-order valence-corrected chi connectivity index (χ3v) is 2.31. The lowest BCUT2D eigenvalue weighted by atomic mass is 10.00. The summed E-state index contributed by atoms with van der Waals surface area (Å²) in [6, 6.07) is 7.61. The molecule has 0 aliphatic carbocycles. The minimum atomic E-state index is -1.23. The van der Waals surface area contributed by atoms with Gasteiger partial charge in [-0.3, -0.25) is 0 Å². The van der Waals surface area contributed by atoms with Crippen molar-refractivity contribution < 1.29 is 24.2 Å². The van der Waals surface area contributed by atoms with Gasteiger partial charge in [0.05, 0.1) is 11.8 Å². The van der Waals surface area contributed by atoms with Gasteiger partial charge in [0.2, 0.25) is 5.76 Å². The summed E-state index contributed by atoms with van der Waals surface area (Å²) in [5, 5.41) is 17.9. The van der Waals surface area contributed by atoms with Crippen LogP contribution in [0.3, 0.4) is 0 Å².